The molecule has 0 amide bonds. The highest BCUT2D eigenvalue weighted by Gasteiger charge is 2.39. The number of thiazole rings is 1. The molecule has 0 aromatic carbocycles. The zero-order valence-electron chi connectivity index (χ0n) is 9.73. The molecule has 0 atom stereocenters. The van der Waals surface area contributed by atoms with Crippen LogP contribution in [0, 0.1) is 0 Å². The molecule has 4 nitrogen and oxygen atoms in total. The molecular weight excluding hydrogens is 279 g/mol. The van der Waals surface area contributed by atoms with Crippen molar-refractivity contribution in [1.82, 2.24) is 15.0 Å². The van der Waals surface area contributed by atoms with E-state index in [-0.39, 0.29) is 17.3 Å². The van der Waals surface area contributed by atoms with Crippen LogP contribution in [0.15, 0.2) is 18.5 Å². The Bertz CT molecular complexity index is 595. The average molecular weight is 287 g/mol. The Morgan fingerprint density at radius 2 is 1.95 bits per heavy atom. The van der Waals surface area contributed by atoms with Crippen molar-refractivity contribution in [3.8, 4) is 10.8 Å². The van der Waals surface area contributed by atoms with Gasteiger partial charge in [0.15, 0.2) is 22.3 Å². The lowest BCUT2D eigenvalue weighted by molar-refractivity contribution is -0.141. The number of carbonyl (C=O) groups excluding carboxylic acids is 1. The van der Waals surface area contributed by atoms with Crippen LogP contribution in [-0.2, 0) is 6.18 Å². The van der Waals surface area contributed by atoms with Crippen LogP contribution in [0.25, 0.3) is 10.8 Å². The molecule has 2 aromatic rings. The number of carbonyl (C=O) groups is 1. The number of aromatic nitrogens is 3. The molecule has 0 bridgehead atoms. The summed E-state index contributed by atoms with van der Waals surface area (Å²) in [6.07, 6.45) is -1.87. The number of alkyl halides is 3. The van der Waals surface area contributed by atoms with Gasteiger partial charge in [0.1, 0.15) is 4.88 Å². The summed E-state index contributed by atoms with van der Waals surface area (Å²) in [7, 11) is 0. The Hall–Kier alpha value is -1.83. The fourth-order valence-corrected chi connectivity index (χ4v) is 2.41. The summed E-state index contributed by atoms with van der Waals surface area (Å²) in [6, 6.07) is 1.54. The summed E-state index contributed by atoms with van der Waals surface area (Å²) in [6.45, 7) is 1.50. The third-order valence-electron chi connectivity index (χ3n) is 2.23. The number of ketones is 1. The van der Waals surface area contributed by atoms with Crippen molar-refractivity contribution in [3.05, 3.63) is 29.0 Å². The summed E-state index contributed by atoms with van der Waals surface area (Å²) >= 11 is 0.667. The molecule has 2 aromatic heterocycles. The topological polar surface area (TPSA) is 55.7 Å². The lowest BCUT2D eigenvalue weighted by atomic mass is 10.2. The number of halogens is 3. The van der Waals surface area contributed by atoms with Crippen LogP contribution in [0.2, 0.25) is 0 Å². The predicted octanol–water partition coefficient (Wildman–Crippen LogP) is 3.21. The molecule has 0 aliphatic carbocycles. The second-order valence-corrected chi connectivity index (χ2v) is 4.54. The monoisotopic (exact) mass is 287 g/mol. The van der Waals surface area contributed by atoms with Crippen molar-refractivity contribution in [2.75, 3.05) is 0 Å². The maximum absolute atomic E-state index is 12.8. The molecule has 2 rings (SSSR count). The highest BCUT2D eigenvalue weighted by Crippen LogP contribution is 2.37. The van der Waals surface area contributed by atoms with Gasteiger partial charge in [-0.25, -0.2) is 15.0 Å². The van der Waals surface area contributed by atoms with Crippen LogP contribution in [-0.4, -0.2) is 20.7 Å². The van der Waals surface area contributed by atoms with Crippen LogP contribution in [0.1, 0.15) is 28.7 Å². The molecule has 0 aliphatic heterocycles. The largest absolute Gasteiger partial charge is 0.434 e. The van der Waals surface area contributed by atoms with Gasteiger partial charge in [-0.15, -0.1) is 11.3 Å². The molecule has 8 heteroatoms. The van der Waals surface area contributed by atoms with E-state index < -0.39 is 22.5 Å². The van der Waals surface area contributed by atoms with Gasteiger partial charge >= 0.3 is 6.18 Å². The maximum atomic E-state index is 12.8. The molecule has 0 unspecified atom stereocenters. The van der Waals surface area contributed by atoms with Gasteiger partial charge in [-0.05, 0) is 6.07 Å². The zero-order valence-corrected chi connectivity index (χ0v) is 10.5. The van der Waals surface area contributed by atoms with Gasteiger partial charge in [0.2, 0.25) is 0 Å². The third kappa shape index (κ3) is 2.78. The molecule has 0 saturated heterocycles. The summed E-state index contributed by atoms with van der Waals surface area (Å²) in [5.74, 6) is -0.514. The first-order chi connectivity index (χ1) is 8.93. The van der Waals surface area contributed by atoms with E-state index in [4.69, 9.17) is 0 Å². The van der Waals surface area contributed by atoms with Gasteiger partial charge in [-0.3, -0.25) is 4.79 Å². The van der Waals surface area contributed by atoms with Gasteiger partial charge in [0.05, 0.1) is 0 Å². The Morgan fingerprint density at radius 3 is 2.47 bits per heavy atom. The molecule has 100 valence electrons. The standard InChI is InChI=1S/C11H8F3N3OS/c1-2-6(18)7-8(11(12,13)14)17-10(19-7)9-15-4-3-5-16-9/h3-5H,2H2,1H3. The quantitative estimate of drug-likeness (QED) is 0.813. The van der Waals surface area contributed by atoms with E-state index in [2.05, 4.69) is 15.0 Å². The summed E-state index contributed by atoms with van der Waals surface area (Å²) in [4.78, 5) is 22.3. The number of hydrogen-bond donors (Lipinski definition) is 0. The minimum absolute atomic E-state index is 0.00951. The number of nitrogens with zero attached hydrogens (tertiary/aromatic N) is 3. The molecular formula is C11H8F3N3OS. The van der Waals surface area contributed by atoms with Crippen molar-refractivity contribution < 1.29 is 18.0 Å². The summed E-state index contributed by atoms with van der Waals surface area (Å²) in [5.41, 5.74) is -1.16. The van der Waals surface area contributed by atoms with Crippen molar-refractivity contribution in [2.45, 2.75) is 19.5 Å². The van der Waals surface area contributed by atoms with Crippen molar-refractivity contribution in [3.63, 3.8) is 0 Å². The molecule has 0 N–H and O–H groups in total. The molecule has 0 aliphatic rings. The highest BCUT2D eigenvalue weighted by atomic mass is 32.1. The number of rotatable bonds is 3. The Labute approximate surface area is 110 Å². The molecule has 0 saturated carbocycles. The third-order valence-corrected chi connectivity index (χ3v) is 3.32. The van der Waals surface area contributed by atoms with E-state index >= 15 is 0 Å². The smallest absolute Gasteiger partial charge is 0.293 e. The average Bonchev–Trinajstić information content (AvgIpc) is 2.84. The highest BCUT2D eigenvalue weighted by molar-refractivity contribution is 7.17. The lowest BCUT2D eigenvalue weighted by Crippen LogP contribution is -2.11. The van der Waals surface area contributed by atoms with Crippen LogP contribution < -0.4 is 0 Å². The van der Waals surface area contributed by atoms with E-state index in [1.807, 2.05) is 0 Å². The van der Waals surface area contributed by atoms with Crippen LogP contribution in [0.5, 0.6) is 0 Å². The van der Waals surface area contributed by atoms with E-state index in [1.54, 1.807) is 6.07 Å². The fraction of sp³-hybridized carbons (Fsp3) is 0.273. The van der Waals surface area contributed by atoms with Crippen LogP contribution in [0.3, 0.4) is 0 Å². The molecule has 0 radical (unpaired) electrons. The number of hydrogen-bond acceptors (Lipinski definition) is 5. The Balaban J connectivity index is 2.55. The van der Waals surface area contributed by atoms with E-state index in [0.717, 1.165) is 0 Å². The van der Waals surface area contributed by atoms with Crippen LogP contribution >= 0.6 is 11.3 Å². The van der Waals surface area contributed by atoms with E-state index in [1.165, 1.54) is 19.3 Å². The second-order valence-electron chi connectivity index (χ2n) is 3.54. The van der Waals surface area contributed by atoms with Crippen molar-refractivity contribution in [1.29, 1.82) is 0 Å². The minimum atomic E-state index is -4.66. The first-order valence-corrected chi connectivity index (χ1v) is 6.13. The van der Waals surface area contributed by atoms with Crippen molar-refractivity contribution >= 4 is 17.1 Å². The van der Waals surface area contributed by atoms with E-state index in [9.17, 15) is 18.0 Å². The Morgan fingerprint density at radius 1 is 1.32 bits per heavy atom. The molecule has 19 heavy (non-hydrogen) atoms. The summed E-state index contributed by atoms with van der Waals surface area (Å²) < 4.78 is 38.5. The molecule has 2 heterocycles. The molecule has 0 spiro atoms. The fourth-order valence-electron chi connectivity index (χ4n) is 1.37. The molecule has 0 fully saturated rings. The first-order valence-electron chi connectivity index (χ1n) is 5.32. The first kappa shape index (κ1) is 13.6. The number of Topliss-reactive ketones (excluding diaryl/α,β-unsaturated/α-hetero) is 1. The SMILES string of the molecule is CCC(=O)c1sc(-c2ncccn2)nc1C(F)(F)F. The summed E-state index contributed by atoms with van der Waals surface area (Å²) in [5, 5.41) is -0.00951. The Kier molecular flexibility index (Phi) is 3.61. The zero-order chi connectivity index (χ0) is 14.0. The van der Waals surface area contributed by atoms with Gasteiger partial charge in [-0.2, -0.15) is 13.2 Å². The van der Waals surface area contributed by atoms with Gasteiger partial charge in [-0.1, -0.05) is 6.92 Å². The van der Waals surface area contributed by atoms with E-state index in [0.29, 0.717) is 11.3 Å². The van der Waals surface area contributed by atoms with Gasteiger partial charge < -0.3 is 0 Å². The maximum Gasteiger partial charge on any atom is 0.434 e. The lowest BCUT2D eigenvalue weighted by Gasteiger charge is -2.03. The van der Waals surface area contributed by atoms with Gasteiger partial charge in [0.25, 0.3) is 0 Å². The normalized spacial score (nSPS) is 11.6. The second kappa shape index (κ2) is 5.04. The van der Waals surface area contributed by atoms with Crippen molar-refractivity contribution in [2.24, 2.45) is 0 Å². The van der Waals surface area contributed by atoms with Gasteiger partial charge in [0, 0.05) is 18.8 Å². The predicted molar refractivity (Wildman–Crippen MR) is 62.8 cm³/mol. The minimum Gasteiger partial charge on any atom is -0.293 e. The van der Waals surface area contributed by atoms with Crippen LogP contribution in [0.4, 0.5) is 13.2 Å².